The number of nitrogens with zero attached hydrogens (tertiary/aromatic N) is 1. The summed E-state index contributed by atoms with van der Waals surface area (Å²) in [6.45, 7) is 5.47. The number of fused-ring (bicyclic) bond motifs is 1. The fourth-order valence-corrected chi connectivity index (χ4v) is 3.35. The number of amides is 1. The van der Waals surface area contributed by atoms with E-state index in [2.05, 4.69) is 12.2 Å². The van der Waals surface area contributed by atoms with Crippen LogP contribution in [0.5, 0.6) is 5.75 Å². The molecule has 0 saturated carbocycles. The van der Waals surface area contributed by atoms with Gasteiger partial charge in [0.05, 0.1) is 13.7 Å². The van der Waals surface area contributed by atoms with Crippen LogP contribution in [0.1, 0.15) is 24.5 Å². The van der Waals surface area contributed by atoms with E-state index in [1.54, 1.807) is 13.2 Å². The van der Waals surface area contributed by atoms with Crippen molar-refractivity contribution in [2.45, 2.75) is 26.8 Å². The predicted molar refractivity (Wildman–Crippen MR) is 114 cm³/mol. The molecule has 1 heterocycles. The first kappa shape index (κ1) is 20.6. The molecule has 1 N–H and O–H groups in total. The molecule has 0 radical (unpaired) electrons. The summed E-state index contributed by atoms with van der Waals surface area (Å²) < 4.78 is 10.5. The lowest BCUT2D eigenvalue weighted by atomic mass is 10.1. The number of aryl methyl sites for hydroxylation is 1. The molecule has 0 bridgehead atoms. The van der Waals surface area contributed by atoms with E-state index in [-0.39, 0.29) is 12.5 Å². The molecule has 0 atom stereocenters. The Morgan fingerprint density at radius 3 is 2.69 bits per heavy atom. The fraction of sp³-hybridized carbons (Fsp3) is 0.304. The smallest absolute Gasteiger partial charge is 0.336 e. The predicted octanol–water partition coefficient (Wildman–Crippen LogP) is 3.96. The summed E-state index contributed by atoms with van der Waals surface area (Å²) in [5, 5.41) is 3.81. The Balaban J connectivity index is 1.80. The SMILES string of the molecule is CCCN(CC(=O)Nc1ccccc1C)Cc1cc(=O)oc2cc(OC)ccc12. The molecule has 3 aromatic rings. The molecule has 29 heavy (non-hydrogen) atoms. The van der Waals surface area contributed by atoms with Gasteiger partial charge in [0.15, 0.2) is 0 Å². The summed E-state index contributed by atoms with van der Waals surface area (Å²) in [5.41, 5.74) is 2.72. The lowest BCUT2D eigenvalue weighted by Gasteiger charge is -2.22. The van der Waals surface area contributed by atoms with E-state index in [0.29, 0.717) is 17.9 Å². The first-order valence-electron chi connectivity index (χ1n) is 9.68. The Bertz CT molecular complexity index is 1060. The monoisotopic (exact) mass is 394 g/mol. The van der Waals surface area contributed by atoms with Gasteiger partial charge in [-0.3, -0.25) is 9.69 Å². The van der Waals surface area contributed by atoms with Crippen molar-refractivity contribution in [2.75, 3.05) is 25.5 Å². The van der Waals surface area contributed by atoms with Gasteiger partial charge < -0.3 is 14.5 Å². The summed E-state index contributed by atoms with van der Waals surface area (Å²) in [6, 6.07) is 14.6. The molecule has 6 heteroatoms. The van der Waals surface area contributed by atoms with Gasteiger partial charge in [0.2, 0.25) is 5.91 Å². The number of hydrogen-bond donors (Lipinski definition) is 1. The van der Waals surface area contributed by atoms with E-state index >= 15 is 0 Å². The van der Waals surface area contributed by atoms with Crippen LogP contribution in [0.25, 0.3) is 11.0 Å². The maximum absolute atomic E-state index is 12.6. The fourth-order valence-electron chi connectivity index (χ4n) is 3.35. The second-order valence-electron chi connectivity index (χ2n) is 7.03. The molecule has 0 aliphatic rings. The highest BCUT2D eigenvalue weighted by atomic mass is 16.5. The zero-order valence-electron chi connectivity index (χ0n) is 17.0. The number of benzene rings is 2. The number of rotatable bonds is 8. The quantitative estimate of drug-likeness (QED) is 0.586. The molecule has 1 aromatic heterocycles. The van der Waals surface area contributed by atoms with E-state index in [4.69, 9.17) is 9.15 Å². The topological polar surface area (TPSA) is 71.8 Å². The van der Waals surface area contributed by atoms with Crippen molar-refractivity contribution in [1.82, 2.24) is 4.90 Å². The lowest BCUT2D eigenvalue weighted by Crippen LogP contribution is -2.33. The average Bonchev–Trinajstić information content (AvgIpc) is 2.69. The number of methoxy groups -OCH3 is 1. The van der Waals surface area contributed by atoms with Crippen LogP contribution < -0.4 is 15.7 Å². The molecular weight excluding hydrogens is 368 g/mol. The van der Waals surface area contributed by atoms with Gasteiger partial charge in [-0.1, -0.05) is 25.1 Å². The third-order valence-corrected chi connectivity index (χ3v) is 4.76. The van der Waals surface area contributed by atoms with Crippen LogP contribution in [0.4, 0.5) is 5.69 Å². The van der Waals surface area contributed by atoms with Crippen molar-refractivity contribution < 1.29 is 13.9 Å². The maximum atomic E-state index is 12.6. The average molecular weight is 394 g/mol. The summed E-state index contributed by atoms with van der Waals surface area (Å²) in [6.07, 6.45) is 0.894. The summed E-state index contributed by atoms with van der Waals surface area (Å²) in [7, 11) is 1.57. The van der Waals surface area contributed by atoms with E-state index < -0.39 is 5.63 Å². The van der Waals surface area contributed by atoms with E-state index in [9.17, 15) is 9.59 Å². The van der Waals surface area contributed by atoms with Crippen LogP contribution >= 0.6 is 0 Å². The van der Waals surface area contributed by atoms with Crippen LogP contribution in [0.2, 0.25) is 0 Å². The standard InChI is InChI=1S/C23H26N2O4/c1-4-11-25(15-22(26)24-20-8-6-5-7-16(20)2)14-17-12-23(27)29-21-13-18(28-3)9-10-19(17)21/h5-10,12-13H,4,11,14-15H2,1-3H3,(H,24,26). The van der Waals surface area contributed by atoms with Gasteiger partial charge >= 0.3 is 5.63 Å². The minimum absolute atomic E-state index is 0.0818. The first-order valence-corrected chi connectivity index (χ1v) is 9.68. The number of anilines is 1. The van der Waals surface area contributed by atoms with Gasteiger partial charge in [-0.2, -0.15) is 0 Å². The highest BCUT2D eigenvalue weighted by molar-refractivity contribution is 5.93. The van der Waals surface area contributed by atoms with Crippen molar-refractivity contribution in [3.05, 3.63) is 70.1 Å². The molecule has 2 aromatic carbocycles. The van der Waals surface area contributed by atoms with Crippen LogP contribution in [0.15, 0.2) is 57.7 Å². The van der Waals surface area contributed by atoms with Crippen molar-refractivity contribution in [3.8, 4) is 5.75 Å². The zero-order valence-corrected chi connectivity index (χ0v) is 17.0. The second-order valence-corrected chi connectivity index (χ2v) is 7.03. The van der Waals surface area contributed by atoms with Crippen molar-refractivity contribution >= 4 is 22.6 Å². The van der Waals surface area contributed by atoms with E-state index in [1.165, 1.54) is 6.07 Å². The molecule has 6 nitrogen and oxygen atoms in total. The van der Waals surface area contributed by atoms with Crippen LogP contribution in [0.3, 0.4) is 0 Å². The minimum atomic E-state index is -0.415. The molecule has 0 aliphatic carbocycles. The molecule has 0 unspecified atom stereocenters. The van der Waals surface area contributed by atoms with Gasteiger partial charge in [0.25, 0.3) is 0 Å². The Morgan fingerprint density at radius 1 is 1.17 bits per heavy atom. The Labute approximate surface area is 170 Å². The molecule has 0 spiro atoms. The van der Waals surface area contributed by atoms with E-state index in [1.807, 2.05) is 48.2 Å². The number of carbonyl (C=O) groups is 1. The Kier molecular flexibility index (Phi) is 6.67. The third kappa shape index (κ3) is 5.23. The van der Waals surface area contributed by atoms with Crippen LogP contribution in [-0.4, -0.2) is 31.0 Å². The molecular formula is C23H26N2O4. The molecule has 3 rings (SSSR count). The zero-order chi connectivity index (χ0) is 20.8. The van der Waals surface area contributed by atoms with Gasteiger partial charge in [0.1, 0.15) is 11.3 Å². The van der Waals surface area contributed by atoms with Gasteiger partial charge in [-0.15, -0.1) is 0 Å². The van der Waals surface area contributed by atoms with Gasteiger partial charge in [0, 0.05) is 29.8 Å². The molecule has 0 fully saturated rings. The minimum Gasteiger partial charge on any atom is -0.497 e. The lowest BCUT2D eigenvalue weighted by molar-refractivity contribution is -0.117. The number of hydrogen-bond acceptors (Lipinski definition) is 5. The molecule has 0 aliphatic heterocycles. The van der Waals surface area contributed by atoms with Gasteiger partial charge in [-0.05, 0) is 49.2 Å². The summed E-state index contributed by atoms with van der Waals surface area (Å²) in [4.78, 5) is 26.7. The number of ether oxygens (including phenoxy) is 1. The van der Waals surface area contributed by atoms with Crippen molar-refractivity contribution in [2.24, 2.45) is 0 Å². The van der Waals surface area contributed by atoms with Crippen molar-refractivity contribution in [1.29, 1.82) is 0 Å². The van der Waals surface area contributed by atoms with Crippen LogP contribution in [0, 0.1) is 6.92 Å². The largest absolute Gasteiger partial charge is 0.497 e. The van der Waals surface area contributed by atoms with Crippen molar-refractivity contribution in [3.63, 3.8) is 0 Å². The number of para-hydroxylation sites is 1. The maximum Gasteiger partial charge on any atom is 0.336 e. The Morgan fingerprint density at radius 2 is 1.97 bits per heavy atom. The second kappa shape index (κ2) is 9.39. The third-order valence-electron chi connectivity index (χ3n) is 4.76. The Hall–Kier alpha value is -3.12. The van der Waals surface area contributed by atoms with E-state index in [0.717, 1.165) is 35.2 Å². The first-order chi connectivity index (χ1) is 14.0. The highest BCUT2D eigenvalue weighted by Crippen LogP contribution is 2.23. The summed E-state index contributed by atoms with van der Waals surface area (Å²) >= 11 is 0. The summed E-state index contributed by atoms with van der Waals surface area (Å²) in [5.74, 6) is 0.544. The van der Waals surface area contributed by atoms with Crippen LogP contribution in [-0.2, 0) is 11.3 Å². The normalized spacial score (nSPS) is 11.0. The molecule has 0 saturated heterocycles. The molecule has 1 amide bonds. The van der Waals surface area contributed by atoms with Gasteiger partial charge in [-0.25, -0.2) is 4.79 Å². The number of carbonyl (C=O) groups excluding carboxylic acids is 1. The number of nitrogens with one attached hydrogen (secondary N) is 1. The molecule has 152 valence electrons. The highest BCUT2D eigenvalue weighted by Gasteiger charge is 2.15.